The molecule has 0 spiro atoms. The van der Waals surface area contributed by atoms with Gasteiger partial charge in [-0.15, -0.1) is 0 Å². The van der Waals surface area contributed by atoms with Gasteiger partial charge in [0.1, 0.15) is 5.02 Å². The molecule has 0 atom stereocenters. The van der Waals surface area contributed by atoms with E-state index >= 15 is 0 Å². The molecule has 0 amide bonds. The predicted molar refractivity (Wildman–Crippen MR) is 79.9 cm³/mol. The van der Waals surface area contributed by atoms with Gasteiger partial charge in [-0.3, -0.25) is 10.1 Å². The van der Waals surface area contributed by atoms with Crippen molar-refractivity contribution in [1.82, 2.24) is 0 Å². The van der Waals surface area contributed by atoms with E-state index in [0.717, 1.165) is 5.56 Å². The fraction of sp³-hybridized carbons (Fsp3) is 0.143. The number of rotatable bonds is 4. The largest absolute Gasteiger partial charge is 0.504 e. The normalized spacial score (nSPS) is 10.4. The molecule has 0 heterocycles. The number of nitro benzene ring substituents is 1. The number of nitrogens with one attached hydrogen (secondary N) is 1. The summed E-state index contributed by atoms with van der Waals surface area (Å²) in [6.07, 6.45) is 0. The molecule has 110 valence electrons. The first kappa shape index (κ1) is 14.9. The van der Waals surface area contributed by atoms with Crippen LogP contribution in [0.15, 0.2) is 30.3 Å². The summed E-state index contributed by atoms with van der Waals surface area (Å²) in [5.41, 5.74) is 1.97. The quantitative estimate of drug-likeness (QED) is 0.456. The number of hydrogen-bond acceptors (Lipinski definition) is 5. The highest BCUT2D eigenvalue weighted by atomic mass is 35.5. The third kappa shape index (κ3) is 3.35. The van der Waals surface area contributed by atoms with Crippen molar-refractivity contribution >= 4 is 23.0 Å². The number of benzene rings is 2. The summed E-state index contributed by atoms with van der Waals surface area (Å²) >= 11 is 5.87. The van der Waals surface area contributed by atoms with Crippen molar-refractivity contribution in [1.29, 1.82) is 0 Å². The lowest BCUT2D eigenvalue weighted by Crippen LogP contribution is -2.02. The molecule has 0 saturated heterocycles. The zero-order valence-electron chi connectivity index (χ0n) is 11.1. The van der Waals surface area contributed by atoms with Gasteiger partial charge in [0.2, 0.25) is 0 Å². The summed E-state index contributed by atoms with van der Waals surface area (Å²) in [5.74, 6) is -0.388. The van der Waals surface area contributed by atoms with Gasteiger partial charge in [-0.05, 0) is 36.2 Å². The zero-order chi connectivity index (χ0) is 15.6. The Morgan fingerprint density at radius 2 is 1.95 bits per heavy atom. The second-order valence-corrected chi connectivity index (χ2v) is 4.96. The molecule has 3 N–H and O–H groups in total. The van der Waals surface area contributed by atoms with E-state index in [4.69, 9.17) is 11.6 Å². The van der Waals surface area contributed by atoms with E-state index < -0.39 is 4.92 Å². The first-order valence-corrected chi connectivity index (χ1v) is 6.45. The first-order valence-electron chi connectivity index (χ1n) is 6.07. The topological polar surface area (TPSA) is 95.6 Å². The predicted octanol–water partition coefficient (Wildman–Crippen LogP) is 3.58. The van der Waals surface area contributed by atoms with Crippen LogP contribution < -0.4 is 5.32 Å². The second-order valence-electron chi connectivity index (χ2n) is 4.55. The van der Waals surface area contributed by atoms with E-state index in [-0.39, 0.29) is 22.2 Å². The minimum atomic E-state index is -0.531. The van der Waals surface area contributed by atoms with Gasteiger partial charge in [-0.1, -0.05) is 17.7 Å². The van der Waals surface area contributed by atoms with Gasteiger partial charge in [0.15, 0.2) is 11.5 Å². The Kier molecular flexibility index (Phi) is 4.18. The Morgan fingerprint density at radius 3 is 2.57 bits per heavy atom. The van der Waals surface area contributed by atoms with Gasteiger partial charge >= 0.3 is 0 Å². The van der Waals surface area contributed by atoms with Crippen molar-refractivity contribution in [3.8, 4) is 11.5 Å². The molecule has 21 heavy (non-hydrogen) atoms. The molecule has 2 aromatic rings. The van der Waals surface area contributed by atoms with Crippen LogP contribution in [-0.2, 0) is 6.54 Å². The van der Waals surface area contributed by atoms with Gasteiger partial charge < -0.3 is 15.5 Å². The van der Waals surface area contributed by atoms with Crippen LogP contribution in [0, 0.1) is 17.0 Å². The minimum Gasteiger partial charge on any atom is -0.504 e. The SMILES string of the molecule is Cc1cc([N+](=O)[O-])c(Cl)cc1NCc1ccc(O)c(O)c1. The Bertz CT molecular complexity index is 704. The van der Waals surface area contributed by atoms with Crippen LogP contribution in [0.3, 0.4) is 0 Å². The van der Waals surface area contributed by atoms with Gasteiger partial charge in [0.25, 0.3) is 5.69 Å². The fourth-order valence-electron chi connectivity index (χ4n) is 1.87. The third-order valence-electron chi connectivity index (χ3n) is 3.01. The number of aryl methyl sites for hydroxylation is 1. The van der Waals surface area contributed by atoms with Crippen LogP contribution in [0.2, 0.25) is 5.02 Å². The third-order valence-corrected chi connectivity index (χ3v) is 3.32. The molecule has 2 rings (SSSR count). The minimum absolute atomic E-state index is 0.0571. The van der Waals surface area contributed by atoms with Crippen molar-refractivity contribution in [3.63, 3.8) is 0 Å². The molecule has 0 aliphatic carbocycles. The molecular formula is C14H13ClN2O4. The van der Waals surface area contributed by atoms with Crippen LogP contribution in [0.25, 0.3) is 0 Å². The van der Waals surface area contributed by atoms with Gasteiger partial charge in [0, 0.05) is 18.3 Å². The van der Waals surface area contributed by atoms with Crippen LogP contribution in [0.5, 0.6) is 11.5 Å². The summed E-state index contributed by atoms with van der Waals surface area (Å²) in [6, 6.07) is 7.38. The maximum absolute atomic E-state index is 10.8. The average molecular weight is 309 g/mol. The Labute approximate surface area is 125 Å². The maximum Gasteiger partial charge on any atom is 0.288 e. The summed E-state index contributed by atoms with van der Waals surface area (Å²) in [6.45, 7) is 2.11. The lowest BCUT2D eigenvalue weighted by molar-refractivity contribution is -0.384. The van der Waals surface area contributed by atoms with Gasteiger partial charge in [-0.2, -0.15) is 0 Å². The number of anilines is 1. The Balaban J connectivity index is 2.18. The van der Waals surface area contributed by atoms with Crippen LogP contribution in [-0.4, -0.2) is 15.1 Å². The average Bonchev–Trinajstić information content (AvgIpc) is 2.42. The fourth-order valence-corrected chi connectivity index (χ4v) is 2.11. The van der Waals surface area contributed by atoms with E-state index in [1.54, 1.807) is 13.0 Å². The monoisotopic (exact) mass is 308 g/mol. The number of nitro groups is 1. The molecule has 2 aromatic carbocycles. The number of phenolic OH excluding ortho intramolecular Hbond substituents is 2. The highest BCUT2D eigenvalue weighted by Gasteiger charge is 2.14. The summed E-state index contributed by atoms with van der Waals surface area (Å²) < 4.78 is 0. The molecule has 0 aliphatic heterocycles. The number of nitrogens with zero attached hydrogens (tertiary/aromatic N) is 1. The number of hydrogen-bond donors (Lipinski definition) is 3. The van der Waals surface area contributed by atoms with E-state index in [2.05, 4.69) is 5.32 Å². The first-order chi connectivity index (χ1) is 9.88. The molecule has 0 fully saturated rings. The lowest BCUT2D eigenvalue weighted by atomic mass is 10.1. The number of halogens is 1. The summed E-state index contributed by atoms with van der Waals surface area (Å²) in [4.78, 5) is 10.3. The molecule has 6 nitrogen and oxygen atoms in total. The molecule has 0 unspecified atom stereocenters. The zero-order valence-corrected chi connectivity index (χ0v) is 11.9. The molecule has 0 aliphatic rings. The highest BCUT2D eigenvalue weighted by Crippen LogP contribution is 2.31. The molecule has 7 heteroatoms. The molecule has 0 radical (unpaired) electrons. The van der Waals surface area contributed by atoms with E-state index in [1.807, 2.05) is 0 Å². The maximum atomic E-state index is 10.8. The van der Waals surface area contributed by atoms with Crippen molar-refractivity contribution in [2.75, 3.05) is 5.32 Å². The molecule has 0 saturated carbocycles. The summed E-state index contributed by atoms with van der Waals surface area (Å²) in [7, 11) is 0. The lowest BCUT2D eigenvalue weighted by Gasteiger charge is -2.11. The van der Waals surface area contributed by atoms with Crippen LogP contribution >= 0.6 is 11.6 Å². The van der Waals surface area contributed by atoms with E-state index in [9.17, 15) is 20.3 Å². The Morgan fingerprint density at radius 1 is 1.24 bits per heavy atom. The second kappa shape index (κ2) is 5.88. The molecular weight excluding hydrogens is 296 g/mol. The van der Waals surface area contributed by atoms with E-state index in [1.165, 1.54) is 24.3 Å². The molecule has 0 aromatic heterocycles. The van der Waals surface area contributed by atoms with Crippen molar-refractivity contribution in [3.05, 3.63) is 56.6 Å². The van der Waals surface area contributed by atoms with Crippen molar-refractivity contribution < 1.29 is 15.1 Å². The molecule has 0 bridgehead atoms. The van der Waals surface area contributed by atoms with Gasteiger partial charge in [0.05, 0.1) is 4.92 Å². The van der Waals surface area contributed by atoms with Crippen molar-refractivity contribution in [2.45, 2.75) is 13.5 Å². The Hall–Kier alpha value is -2.47. The summed E-state index contributed by atoms with van der Waals surface area (Å²) in [5, 5.41) is 32.6. The number of aromatic hydroxyl groups is 2. The smallest absolute Gasteiger partial charge is 0.288 e. The van der Waals surface area contributed by atoms with E-state index in [0.29, 0.717) is 17.8 Å². The standard InChI is InChI=1S/C14H13ClN2O4/c1-8-4-12(17(20)21)10(15)6-11(8)16-7-9-2-3-13(18)14(19)5-9/h2-6,16,18-19H,7H2,1H3. The number of phenols is 2. The van der Waals surface area contributed by atoms with Crippen LogP contribution in [0.1, 0.15) is 11.1 Å². The van der Waals surface area contributed by atoms with Gasteiger partial charge in [-0.25, -0.2) is 0 Å². The van der Waals surface area contributed by atoms with Crippen LogP contribution in [0.4, 0.5) is 11.4 Å². The van der Waals surface area contributed by atoms with Crippen molar-refractivity contribution in [2.24, 2.45) is 0 Å². The highest BCUT2D eigenvalue weighted by molar-refractivity contribution is 6.33.